The van der Waals surface area contributed by atoms with E-state index in [1.807, 2.05) is 42.5 Å². The molecule has 1 N–H and O–H groups in total. The second kappa shape index (κ2) is 9.64. The Morgan fingerprint density at radius 1 is 1.12 bits per heavy atom. The van der Waals surface area contributed by atoms with Crippen LogP contribution in [0.1, 0.15) is 40.2 Å². The molecule has 4 rings (SSSR count). The lowest BCUT2D eigenvalue weighted by Gasteiger charge is -2.14. The van der Waals surface area contributed by atoms with Crippen molar-refractivity contribution in [2.75, 3.05) is 14.2 Å². The van der Waals surface area contributed by atoms with Gasteiger partial charge in [-0.05, 0) is 59.4 Å². The molecule has 1 aliphatic carbocycles. The van der Waals surface area contributed by atoms with Crippen molar-refractivity contribution >= 4 is 11.6 Å². The van der Waals surface area contributed by atoms with Gasteiger partial charge in [-0.15, -0.1) is 0 Å². The van der Waals surface area contributed by atoms with Gasteiger partial charge in [0.2, 0.25) is 0 Å². The molecule has 0 aliphatic heterocycles. The zero-order valence-electron chi connectivity index (χ0n) is 18.1. The minimum atomic E-state index is -0.333. The first kappa shape index (κ1) is 21.6. The van der Waals surface area contributed by atoms with Gasteiger partial charge in [-0.2, -0.15) is 0 Å². The minimum Gasteiger partial charge on any atom is -0.489 e. The third-order valence-electron chi connectivity index (χ3n) is 5.76. The first-order valence-electron chi connectivity index (χ1n) is 10.5. The summed E-state index contributed by atoms with van der Waals surface area (Å²) >= 11 is 0. The summed E-state index contributed by atoms with van der Waals surface area (Å²) in [6.45, 7) is 0.279. The molecule has 3 aromatic carbocycles. The maximum Gasteiger partial charge on any atom is 0.273 e. The first-order valence-corrected chi connectivity index (χ1v) is 10.5. The number of rotatable bonds is 7. The van der Waals surface area contributed by atoms with Gasteiger partial charge in [-0.3, -0.25) is 4.79 Å². The third kappa shape index (κ3) is 4.49. The van der Waals surface area contributed by atoms with E-state index in [9.17, 15) is 9.18 Å². The Kier molecular flexibility index (Phi) is 6.50. The largest absolute Gasteiger partial charge is 0.489 e. The van der Waals surface area contributed by atoms with Crippen LogP contribution in [0, 0.1) is 5.82 Å². The van der Waals surface area contributed by atoms with Crippen LogP contribution in [0.4, 0.5) is 4.39 Å². The van der Waals surface area contributed by atoms with E-state index in [2.05, 4.69) is 22.6 Å². The number of oxime groups is 1. The maximum absolute atomic E-state index is 13.5. The molecule has 0 heterocycles. The summed E-state index contributed by atoms with van der Waals surface area (Å²) in [5.41, 5.74) is 5.16. The van der Waals surface area contributed by atoms with Crippen LogP contribution in [0.15, 0.2) is 71.9 Å². The van der Waals surface area contributed by atoms with Crippen LogP contribution in [-0.2, 0) is 22.7 Å². The number of amides is 1. The molecule has 0 saturated heterocycles. The van der Waals surface area contributed by atoms with Crippen molar-refractivity contribution in [3.63, 3.8) is 0 Å². The molecule has 0 fully saturated rings. The highest BCUT2D eigenvalue weighted by atomic mass is 19.1. The van der Waals surface area contributed by atoms with Crippen molar-refractivity contribution in [1.82, 2.24) is 5.32 Å². The van der Waals surface area contributed by atoms with Gasteiger partial charge in [-0.1, -0.05) is 47.6 Å². The van der Waals surface area contributed by atoms with Crippen LogP contribution in [0.5, 0.6) is 5.75 Å². The van der Waals surface area contributed by atoms with Gasteiger partial charge in [0.25, 0.3) is 5.91 Å². The highest BCUT2D eigenvalue weighted by Crippen LogP contribution is 2.38. The summed E-state index contributed by atoms with van der Waals surface area (Å²) in [6.07, 6.45) is 1.87. The molecule has 0 bridgehead atoms. The van der Waals surface area contributed by atoms with Crippen LogP contribution in [0.25, 0.3) is 0 Å². The van der Waals surface area contributed by atoms with Crippen molar-refractivity contribution in [3.05, 3.63) is 100 Å². The Morgan fingerprint density at radius 2 is 1.91 bits per heavy atom. The van der Waals surface area contributed by atoms with Crippen LogP contribution in [-0.4, -0.2) is 25.8 Å². The number of halogens is 1. The van der Waals surface area contributed by atoms with Gasteiger partial charge in [0.05, 0.1) is 0 Å². The quantitative estimate of drug-likeness (QED) is 0.439. The predicted molar refractivity (Wildman–Crippen MR) is 121 cm³/mol. The molecular weight excluding hydrogens is 407 g/mol. The lowest BCUT2D eigenvalue weighted by Crippen LogP contribution is -2.29. The number of hydrogen-bond donors (Lipinski definition) is 1. The molecule has 5 nitrogen and oxygen atoms in total. The zero-order valence-corrected chi connectivity index (χ0v) is 18.1. The van der Waals surface area contributed by atoms with Crippen molar-refractivity contribution in [3.8, 4) is 5.75 Å². The van der Waals surface area contributed by atoms with Gasteiger partial charge < -0.3 is 14.9 Å². The van der Waals surface area contributed by atoms with Crippen LogP contribution >= 0.6 is 0 Å². The first-order chi connectivity index (χ1) is 15.6. The van der Waals surface area contributed by atoms with Crippen LogP contribution in [0.2, 0.25) is 0 Å². The van der Waals surface area contributed by atoms with Crippen molar-refractivity contribution < 1.29 is 18.8 Å². The number of carbonyl (C=O) groups excluding carboxylic acids is 1. The summed E-state index contributed by atoms with van der Waals surface area (Å²) in [5.74, 6) is 0.496. The highest BCUT2D eigenvalue weighted by Gasteiger charge is 2.24. The van der Waals surface area contributed by atoms with Gasteiger partial charge in [0.1, 0.15) is 25.3 Å². The molecule has 0 aromatic heterocycles. The maximum atomic E-state index is 13.5. The lowest BCUT2D eigenvalue weighted by molar-refractivity contribution is -0.114. The number of likely N-dealkylation sites (N-methyl/N-ethyl adjacent to an activating group) is 1. The highest BCUT2D eigenvalue weighted by molar-refractivity contribution is 6.45. The van der Waals surface area contributed by atoms with Gasteiger partial charge >= 0.3 is 0 Å². The van der Waals surface area contributed by atoms with E-state index in [1.165, 1.54) is 24.3 Å². The van der Waals surface area contributed by atoms with Crippen LogP contribution < -0.4 is 10.1 Å². The van der Waals surface area contributed by atoms with E-state index in [-0.39, 0.29) is 30.0 Å². The number of aryl methyl sites for hydroxylation is 1. The summed E-state index contributed by atoms with van der Waals surface area (Å²) in [6, 6.07) is 20.5. The molecule has 0 spiro atoms. The smallest absolute Gasteiger partial charge is 0.273 e. The molecule has 6 heteroatoms. The van der Waals surface area contributed by atoms with Crippen molar-refractivity contribution in [1.29, 1.82) is 0 Å². The van der Waals surface area contributed by atoms with E-state index >= 15 is 0 Å². The molecule has 0 saturated carbocycles. The normalized spacial score (nSPS) is 15.2. The molecule has 1 aliphatic rings. The van der Waals surface area contributed by atoms with E-state index in [1.54, 1.807) is 13.1 Å². The van der Waals surface area contributed by atoms with E-state index in [4.69, 9.17) is 9.57 Å². The fourth-order valence-electron chi connectivity index (χ4n) is 4.19. The average molecular weight is 432 g/mol. The zero-order chi connectivity index (χ0) is 22.5. The van der Waals surface area contributed by atoms with Gasteiger partial charge in [-0.25, -0.2) is 4.39 Å². The molecule has 164 valence electrons. The predicted octanol–water partition coefficient (Wildman–Crippen LogP) is 4.58. The number of ether oxygens (including phenoxy) is 1. The second-order valence-electron chi connectivity index (χ2n) is 7.65. The standard InChI is InChI=1S/C26H25FN2O3/c1-28-26(30)25(29-31-2)24-6-4-3-5-19(24)16-32-21-11-7-17(8-12-21)22-13-9-18-15-20(27)10-14-23(18)22/h3-8,10-12,14-15,22H,9,13,16H2,1-2H3,(H,28,30). The Morgan fingerprint density at radius 3 is 2.66 bits per heavy atom. The van der Waals surface area contributed by atoms with E-state index < -0.39 is 0 Å². The number of carbonyl (C=O) groups is 1. The van der Waals surface area contributed by atoms with E-state index in [0.29, 0.717) is 5.56 Å². The Balaban J connectivity index is 1.49. The fraction of sp³-hybridized carbons (Fsp3) is 0.231. The van der Waals surface area contributed by atoms with E-state index in [0.717, 1.165) is 29.7 Å². The number of fused-ring (bicyclic) bond motifs is 1. The molecule has 0 radical (unpaired) electrons. The second-order valence-corrected chi connectivity index (χ2v) is 7.65. The Hall–Kier alpha value is -3.67. The molecule has 32 heavy (non-hydrogen) atoms. The Bertz CT molecular complexity index is 1140. The summed E-state index contributed by atoms with van der Waals surface area (Å²) in [5, 5.41) is 6.47. The van der Waals surface area contributed by atoms with Crippen molar-refractivity contribution in [2.45, 2.75) is 25.4 Å². The monoisotopic (exact) mass is 432 g/mol. The van der Waals surface area contributed by atoms with Crippen molar-refractivity contribution in [2.24, 2.45) is 5.16 Å². The van der Waals surface area contributed by atoms with Gasteiger partial charge in [0, 0.05) is 18.5 Å². The molecular formula is C26H25FN2O3. The average Bonchev–Trinajstić information content (AvgIpc) is 3.24. The number of benzene rings is 3. The molecule has 1 amide bonds. The number of nitrogens with zero attached hydrogens (tertiary/aromatic N) is 1. The summed E-state index contributed by atoms with van der Waals surface area (Å²) < 4.78 is 19.5. The summed E-state index contributed by atoms with van der Waals surface area (Å²) in [7, 11) is 2.95. The number of nitrogens with one attached hydrogen (secondary N) is 1. The van der Waals surface area contributed by atoms with Crippen LogP contribution in [0.3, 0.4) is 0 Å². The Labute approximate surface area is 186 Å². The SMILES string of the molecule is CNC(=O)C(=NOC)c1ccccc1COc1ccc(C2CCc3cc(F)ccc32)cc1. The minimum absolute atomic E-state index is 0.177. The number of hydrogen-bond acceptors (Lipinski definition) is 4. The molecule has 1 atom stereocenters. The summed E-state index contributed by atoms with van der Waals surface area (Å²) in [4.78, 5) is 17.1. The fourth-order valence-corrected chi connectivity index (χ4v) is 4.19. The topological polar surface area (TPSA) is 59.9 Å². The molecule has 1 unspecified atom stereocenters. The lowest BCUT2D eigenvalue weighted by atomic mass is 9.93. The molecule has 3 aromatic rings. The van der Waals surface area contributed by atoms with Gasteiger partial charge in [0.15, 0.2) is 5.71 Å². The third-order valence-corrected chi connectivity index (χ3v) is 5.76.